The molecule has 2 N–H and O–H groups in total. The van der Waals surface area contributed by atoms with E-state index >= 15 is 0 Å². The van der Waals surface area contributed by atoms with Gasteiger partial charge in [-0.25, -0.2) is 9.97 Å². The molecule has 3 rings (SSSR count). The first-order valence-corrected chi connectivity index (χ1v) is 12.5. The number of Topliss-reactive ketones (excluding diaryl/α,β-unsaturated/α-hetero) is 1. The summed E-state index contributed by atoms with van der Waals surface area (Å²) in [5.74, 6) is 1.53. The molecular weight excluding hydrogens is 440 g/mol. The molecule has 188 valence electrons. The Bertz CT molecular complexity index is 982. The summed E-state index contributed by atoms with van der Waals surface area (Å²) in [6.45, 7) is 10.6. The lowest BCUT2D eigenvalue weighted by Crippen LogP contribution is -2.37. The standard InChI is InChI=1S/C27H38N6O2/c1-20(2)33(21(3)4)16-6-5-7-24(34)17-22-8-10-23(11-9-22)27(35)32(18-25-28-12-13-29-25)19-26-30-14-15-31-26/h8-15,20-21H,5-7,16-19H2,1-4H3,(H,28,29)(H,30,31). The number of ketones is 1. The average Bonchev–Trinajstić information content (AvgIpc) is 3.52. The minimum absolute atomic E-state index is 0.115. The number of nitrogens with one attached hydrogen (secondary N) is 2. The molecule has 8 nitrogen and oxygen atoms in total. The Morgan fingerprint density at radius 3 is 1.91 bits per heavy atom. The van der Waals surface area contributed by atoms with Crippen LogP contribution in [0.15, 0.2) is 49.1 Å². The number of unbranched alkanes of at least 4 members (excludes halogenated alkanes) is 1. The van der Waals surface area contributed by atoms with E-state index in [1.54, 1.807) is 41.8 Å². The molecule has 2 heterocycles. The van der Waals surface area contributed by atoms with E-state index in [1.807, 2.05) is 12.1 Å². The molecule has 0 bridgehead atoms. The zero-order valence-electron chi connectivity index (χ0n) is 21.3. The quantitative estimate of drug-likeness (QED) is 0.335. The second-order valence-electron chi connectivity index (χ2n) is 9.53. The molecule has 2 aromatic heterocycles. The van der Waals surface area contributed by atoms with Crippen LogP contribution >= 0.6 is 0 Å². The third kappa shape index (κ3) is 8.17. The van der Waals surface area contributed by atoms with E-state index in [4.69, 9.17) is 0 Å². The number of rotatable bonds is 14. The van der Waals surface area contributed by atoms with Crippen LogP contribution in [0, 0.1) is 0 Å². The Labute approximate surface area is 208 Å². The van der Waals surface area contributed by atoms with E-state index in [0.29, 0.717) is 55.2 Å². The molecule has 0 aliphatic carbocycles. The van der Waals surface area contributed by atoms with Gasteiger partial charge in [-0.2, -0.15) is 0 Å². The largest absolute Gasteiger partial charge is 0.347 e. The zero-order valence-corrected chi connectivity index (χ0v) is 21.3. The van der Waals surface area contributed by atoms with Gasteiger partial charge < -0.3 is 14.9 Å². The molecule has 0 aliphatic rings. The highest BCUT2D eigenvalue weighted by Gasteiger charge is 2.19. The van der Waals surface area contributed by atoms with Crippen molar-refractivity contribution in [3.05, 3.63) is 71.8 Å². The van der Waals surface area contributed by atoms with Gasteiger partial charge in [0.15, 0.2) is 0 Å². The van der Waals surface area contributed by atoms with Gasteiger partial charge >= 0.3 is 0 Å². The minimum Gasteiger partial charge on any atom is -0.347 e. The lowest BCUT2D eigenvalue weighted by molar-refractivity contribution is -0.118. The number of aromatic nitrogens is 4. The number of benzene rings is 1. The summed E-state index contributed by atoms with van der Waals surface area (Å²) < 4.78 is 0. The molecule has 0 radical (unpaired) electrons. The molecule has 0 spiro atoms. The fourth-order valence-corrected chi connectivity index (χ4v) is 4.32. The summed E-state index contributed by atoms with van der Waals surface area (Å²) in [7, 11) is 0. The number of H-pyrrole nitrogens is 2. The predicted octanol–water partition coefficient (Wildman–Crippen LogP) is 4.38. The summed E-state index contributed by atoms with van der Waals surface area (Å²) in [6.07, 6.45) is 9.72. The maximum Gasteiger partial charge on any atom is 0.254 e. The summed E-state index contributed by atoms with van der Waals surface area (Å²) in [6, 6.07) is 8.38. The van der Waals surface area contributed by atoms with Gasteiger partial charge in [0.1, 0.15) is 17.4 Å². The van der Waals surface area contributed by atoms with Gasteiger partial charge in [-0.15, -0.1) is 0 Å². The normalized spacial score (nSPS) is 11.5. The Morgan fingerprint density at radius 1 is 0.857 bits per heavy atom. The molecule has 0 atom stereocenters. The summed E-state index contributed by atoms with van der Waals surface area (Å²) in [4.78, 5) is 44.5. The SMILES string of the molecule is CC(C)N(CCCCC(=O)Cc1ccc(C(=O)N(Cc2ncc[nH]2)Cc2ncc[nH]2)cc1)C(C)C. The molecule has 0 unspecified atom stereocenters. The van der Waals surface area contributed by atoms with Crippen molar-refractivity contribution in [1.82, 2.24) is 29.7 Å². The molecule has 3 aromatic rings. The van der Waals surface area contributed by atoms with E-state index in [1.165, 1.54) is 0 Å². The lowest BCUT2D eigenvalue weighted by atomic mass is 10.0. The van der Waals surface area contributed by atoms with Crippen molar-refractivity contribution in [2.45, 2.75) is 78.6 Å². The molecule has 0 saturated heterocycles. The molecule has 0 fully saturated rings. The van der Waals surface area contributed by atoms with Gasteiger partial charge in [-0.1, -0.05) is 12.1 Å². The highest BCUT2D eigenvalue weighted by molar-refractivity contribution is 5.94. The van der Waals surface area contributed by atoms with Gasteiger partial charge in [0.05, 0.1) is 13.1 Å². The van der Waals surface area contributed by atoms with Crippen molar-refractivity contribution in [2.75, 3.05) is 6.54 Å². The fourth-order valence-electron chi connectivity index (χ4n) is 4.32. The third-order valence-corrected chi connectivity index (χ3v) is 6.13. The number of aromatic amines is 2. The van der Waals surface area contributed by atoms with Crippen molar-refractivity contribution in [1.29, 1.82) is 0 Å². The van der Waals surface area contributed by atoms with Crippen LogP contribution in [0.4, 0.5) is 0 Å². The first-order chi connectivity index (χ1) is 16.8. The van der Waals surface area contributed by atoms with E-state index in [9.17, 15) is 9.59 Å². The molecule has 0 aliphatic heterocycles. The van der Waals surface area contributed by atoms with Gasteiger partial charge in [0, 0.05) is 55.3 Å². The Kier molecular flexibility index (Phi) is 9.78. The van der Waals surface area contributed by atoms with Crippen LogP contribution in [0.3, 0.4) is 0 Å². The Morgan fingerprint density at radius 2 is 1.43 bits per heavy atom. The van der Waals surface area contributed by atoms with Crippen molar-refractivity contribution in [2.24, 2.45) is 0 Å². The van der Waals surface area contributed by atoms with Gasteiger partial charge in [0.2, 0.25) is 0 Å². The van der Waals surface area contributed by atoms with Crippen LogP contribution < -0.4 is 0 Å². The van der Waals surface area contributed by atoms with Crippen LogP contribution in [0.25, 0.3) is 0 Å². The number of imidazole rings is 2. The van der Waals surface area contributed by atoms with E-state index in [0.717, 1.165) is 24.9 Å². The maximum atomic E-state index is 13.2. The monoisotopic (exact) mass is 478 g/mol. The topological polar surface area (TPSA) is 98.0 Å². The van der Waals surface area contributed by atoms with E-state index in [-0.39, 0.29) is 11.7 Å². The molecular formula is C27H38N6O2. The minimum atomic E-state index is -0.115. The van der Waals surface area contributed by atoms with Gasteiger partial charge in [-0.3, -0.25) is 14.5 Å². The number of nitrogens with zero attached hydrogens (tertiary/aromatic N) is 4. The van der Waals surface area contributed by atoms with Crippen molar-refractivity contribution < 1.29 is 9.59 Å². The zero-order chi connectivity index (χ0) is 25.2. The Hall–Kier alpha value is -3.26. The van der Waals surface area contributed by atoms with E-state index < -0.39 is 0 Å². The smallest absolute Gasteiger partial charge is 0.254 e. The molecule has 35 heavy (non-hydrogen) atoms. The molecule has 1 amide bonds. The van der Waals surface area contributed by atoms with Crippen molar-refractivity contribution in [3.8, 4) is 0 Å². The highest BCUT2D eigenvalue weighted by Crippen LogP contribution is 2.14. The number of hydrogen-bond donors (Lipinski definition) is 2. The van der Waals surface area contributed by atoms with E-state index in [2.05, 4.69) is 52.5 Å². The number of hydrogen-bond acceptors (Lipinski definition) is 5. The van der Waals surface area contributed by atoms with Gasteiger partial charge in [0.25, 0.3) is 5.91 Å². The van der Waals surface area contributed by atoms with Gasteiger partial charge in [-0.05, 0) is 64.8 Å². The second kappa shape index (κ2) is 13.0. The van der Waals surface area contributed by atoms with Crippen LogP contribution in [0.1, 0.15) is 74.5 Å². The second-order valence-corrected chi connectivity index (χ2v) is 9.53. The van der Waals surface area contributed by atoms with Crippen LogP contribution in [-0.2, 0) is 24.3 Å². The number of amides is 1. The molecule has 0 saturated carbocycles. The third-order valence-electron chi connectivity index (χ3n) is 6.13. The first-order valence-electron chi connectivity index (χ1n) is 12.5. The maximum absolute atomic E-state index is 13.2. The summed E-state index contributed by atoms with van der Waals surface area (Å²) >= 11 is 0. The summed E-state index contributed by atoms with van der Waals surface area (Å²) in [5, 5.41) is 0. The lowest BCUT2D eigenvalue weighted by Gasteiger charge is -2.30. The number of carbonyl (C=O) groups excluding carboxylic acids is 2. The first kappa shape index (κ1) is 26.3. The predicted molar refractivity (Wildman–Crippen MR) is 137 cm³/mol. The van der Waals surface area contributed by atoms with Crippen molar-refractivity contribution in [3.63, 3.8) is 0 Å². The average molecular weight is 479 g/mol. The van der Waals surface area contributed by atoms with Crippen LogP contribution in [0.2, 0.25) is 0 Å². The fraction of sp³-hybridized carbons (Fsp3) is 0.481. The summed E-state index contributed by atoms with van der Waals surface area (Å²) in [5.41, 5.74) is 1.50. The molecule has 1 aromatic carbocycles. The van der Waals surface area contributed by atoms with Crippen LogP contribution in [0.5, 0.6) is 0 Å². The molecule has 8 heteroatoms. The number of carbonyl (C=O) groups is 2. The van der Waals surface area contributed by atoms with Crippen LogP contribution in [-0.4, -0.2) is 60.1 Å². The van der Waals surface area contributed by atoms with Crippen molar-refractivity contribution >= 4 is 11.7 Å². The Balaban J connectivity index is 1.52. The highest BCUT2D eigenvalue weighted by atomic mass is 16.2.